The second-order valence-corrected chi connectivity index (χ2v) is 13.2. The van der Waals surface area contributed by atoms with Gasteiger partial charge in [-0.1, -0.05) is 84.9 Å². The lowest BCUT2D eigenvalue weighted by Crippen LogP contribution is -2.57. The Morgan fingerprint density at radius 1 is 0.375 bits per heavy atom. The summed E-state index contributed by atoms with van der Waals surface area (Å²) in [6, 6.07) is 54.3. The van der Waals surface area contributed by atoms with E-state index in [4.69, 9.17) is 9.47 Å². The summed E-state index contributed by atoms with van der Waals surface area (Å²) >= 11 is 0. The number of ether oxygens (including phenoxy) is 2. The fourth-order valence-corrected chi connectivity index (χ4v) is 10.1. The van der Waals surface area contributed by atoms with Crippen molar-refractivity contribution in [1.82, 2.24) is 0 Å². The Morgan fingerprint density at radius 2 is 0.850 bits per heavy atom. The van der Waals surface area contributed by atoms with Gasteiger partial charge in [0.1, 0.15) is 23.0 Å². The lowest BCUT2D eigenvalue weighted by Gasteiger charge is -2.43. The topological polar surface area (TPSA) is 18.5 Å². The Kier molecular flexibility index (Phi) is 5.36. The number of hydrogen-bond donors (Lipinski definition) is 0. The minimum Gasteiger partial charge on any atom is -0.458 e. The molecule has 2 aliphatic rings. The molecule has 0 saturated carbocycles. The normalized spacial score (nSPS) is 13.2. The zero-order valence-corrected chi connectivity index (χ0v) is 22.6. The molecule has 0 fully saturated rings. The molecule has 190 valence electrons. The molecule has 2 nitrogen and oxygen atoms in total. The molecule has 0 N–H and O–H groups in total. The van der Waals surface area contributed by atoms with E-state index in [9.17, 15) is 0 Å². The van der Waals surface area contributed by atoms with Crippen molar-refractivity contribution in [2.24, 2.45) is 0 Å². The highest BCUT2D eigenvalue weighted by Gasteiger charge is 2.41. The van der Waals surface area contributed by atoms with Gasteiger partial charge < -0.3 is 9.47 Å². The minimum absolute atomic E-state index is 0.0271. The van der Waals surface area contributed by atoms with E-state index >= 15 is 0 Å². The summed E-state index contributed by atoms with van der Waals surface area (Å²) in [5, 5.41) is 0. The molecule has 2 aliphatic heterocycles. The first-order valence-corrected chi connectivity index (χ1v) is 15.2. The lowest BCUT2D eigenvalue weighted by molar-refractivity contribution is 0.464. The van der Waals surface area contributed by atoms with Crippen molar-refractivity contribution in [2.45, 2.75) is 19.6 Å². The summed E-state index contributed by atoms with van der Waals surface area (Å²) < 4.78 is 12.9. The number of para-hydroxylation sites is 1. The predicted octanol–water partition coefficient (Wildman–Crippen LogP) is 7.76. The first kappa shape index (κ1) is 23.2. The average Bonchev–Trinajstić information content (AvgIpc) is 3.03. The second-order valence-electron chi connectivity index (χ2n) is 10.1. The van der Waals surface area contributed by atoms with Crippen molar-refractivity contribution in [2.75, 3.05) is 0 Å². The summed E-state index contributed by atoms with van der Waals surface area (Å²) in [7, 11) is -1.81. The van der Waals surface area contributed by atoms with E-state index < -0.39 is 10.0 Å². The standard InChI is InChI=1S/C36H25BO2S/c1-4-13-26(14-5-1)40(27-15-6-2-7-16-27,28-17-8-3-9-18-28)29-23-24-33-31(25-29)37-30-19-10-11-20-32(30)38-34-21-12-22-35(39-33)36(34)37/h1-25H. The summed E-state index contributed by atoms with van der Waals surface area (Å²) in [5.41, 5.74) is 3.45. The molecule has 0 saturated heterocycles. The number of hydrogen-bond acceptors (Lipinski definition) is 2. The van der Waals surface area contributed by atoms with Crippen molar-refractivity contribution < 1.29 is 9.47 Å². The predicted molar refractivity (Wildman–Crippen MR) is 164 cm³/mol. The van der Waals surface area contributed by atoms with E-state index in [0.717, 1.165) is 28.5 Å². The Morgan fingerprint density at radius 3 is 1.43 bits per heavy atom. The van der Waals surface area contributed by atoms with E-state index in [1.807, 2.05) is 24.3 Å². The molecule has 0 spiro atoms. The SMILES string of the molecule is c1ccc(S(c2ccccc2)(c2ccccc2)c2ccc3c(c2)B2c4ccccc4Oc4cccc(c42)O3)cc1. The fraction of sp³-hybridized carbons (Fsp3) is 0. The van der Waals surface area contributed by atoms with Gasteiger partial charge >= 0.3 is 0 Å². The molecule has 2 heterocycles. The van der Waals surface area contributed by atoms with Gasteiger partial charge in [0.2, 0.25) is 0 Å². The minimum atomic E-state index is -1.81. The van der Waals surface area contributed by atoms with Crippen molar-refractivity contribution in [3.63, 3.8) is 0 Å². The lowest BCUT2D eigenvalue weighted by atomic mass is 9.35. The van der Waals surface area contributed by atoms with E-state index in [1.54, 1.807) is 0 Å². The number of benzene rings is 6. The largest absolute Gasteiger partial charge is 0.458 e. The molecule has 0 unspecified atom stereocenters. The molecular weight excluding hydrogens is 507 g/mol. The molecule has 6 aromatic rings. The average molecular weight is 532 g/mol. The van der Waals surface area contributed by atoms with E-state index in [0.29, 0.717) is 0 Å². The molecule has 0 radical (unpaired) electrons. The van der Waals surface area contributed by atoms with Crippen molar-refractivity contribution in [1.29, 1.82) is 0 Å². The molecule has 4 heteroatoms. The van der Waals surface area contributed by atoms with E-state index in [2.05, 4.69) is 127 Å². The highest BCUT2D eigenvalue weighted by atomic mass is 32.3. The summed E-state index contributed by atoms with van der Waals surface area (Å²) in [6.45, 7) is 0.0271. The summed E-state index contributed by atoms with van der Waals surface area (Å²) in [4.78, 5) is 5.19. The zero-order valence-electron chi connectivity index (χ0n) is 21.7. The maximum atomic E-state index is 6.55. The van der Waals surface area contributed by atoms with Crippen LogP contribution in [-0.2, 0) is 0 Å². The maximum absolute atomic E-state index is 6.55. The molecule has 0 aromatic heterocycles. The molecule has 0 aliphatic carbocycles. The van der Waals surface area contributed by atoms with Crippen LogP contribution >= 0.6 is 10.0 Å². The zero-order chi connectivity index (χ0) is 26.5. The van der Waals surface area contributed by atoms with E-state index in [-0.39, 0.29) is 6.71 Å². The highest BCUT2D eigenvalue weighted by molar-refractivity contribution is 8.34. The molecular formula is C36H25BO2S. The van der Waals surface area contributed by atoms with Gasteiger partial charge in [0.25, 0.3) is 6.71 Å². The maximum Gasteiger partial charge on any atom is 0.260 e. The Balaban J connectivity index is 1.44. The Labute approximate surface area is 236 Å². The molecule has 8 rings (SSSR count). The summed E-state index contributed by atoms with van der Waals surface area (Å²) in [6.07, 6.45) is 0. The second kappa shape index (κ2) is 9.22. The van der Waals surface area contributed by atoms with Gasteiger partial charge in [0, 0.05) is 25.0 Å². The van der Waals surface area contributed by atoms with Crippen LogP contribution < -0.4 is 25.9 Å². The van der Waals surface area contributed by atoms with Crippen LogP contribution in [0.3, 0.4) is 0 Å². The van der Waals surface area contributed by atoms with Crippen LogP contribution in [0.4, 0.5) is 0 Å². The van der Waals surface area contributed by atoms with Crippen molar-refractivity contribution in [3.05, 3.63) is 152 Å². The van der Waals surface area contributed by atoms with Gasteiger partial charge in [0.15, 0.2) is 0 Å². The van der Waals surface area contributed by atoms with Gasteiger partial charge in [-0.25, -0.2) is 0 Å². The molecule has 0 amide bonds. The van der Waals surface area contributed by atoms with Crippen LogP contribution in [0.1, 0.15) is 0 Å². The van der Waals surface area contributed by atoms with Crippen LogP contribution in [0.15, 0.2) is 171 Å². The van der Waals surface area contributed by atoms with Crippen LogP contribution in [0.5, 0.6) is 23.0 Å². The van der Waals surface area contributed by atoms with Gasteiger partial charge in [-0.2, -0.15) is 0 Å². The third-order valence-corrected chi connectivity index (χ3v) is 11.8. The third-order valence-electron chi connectivity index (χ3n) is 7.92. The summed E-state index contributed by atoms with van der Waals surface area (Å²) in [5.74, 6) is 3.54. The Hall–Kier alpha value is -4.67. The van der Waals surface area contributed by atoms with Crippen molar-refractivity contribution in [3.8, 4) is 23.0 Å². The van der Waals surface area contributed by atoms with Crippen LogP contribution in [0.2, 0.25) is 0 Å². The van der Waals surface area contributed by atoms with Crippen molar-refractivity contribution >= 4 is 33.1 Å². The number of rotatable bonds is 4. The number of fused-ring (bicyclic) bond motifs is 4. The van der Waals surface area contributed by atoms with Gasteiger partial charge in [-0.3, -0.25) is 0 Å². The molecule has 6 aromatic carbocycles. The molecule has 0 bridgehead atoms. The quantitative estimate of drug-likeness (QED) is 0.216. The van der Waals surface area contributed by atoms with Gasteiger partial charge in [-0.05, 0) is 77.7 Å². The smallest absolute Gasteiger partial charge is 0.260 e. The first-order chi connectivity index (χ1) is 19.8. The van der Waals surface area contributed by atoms with Gasteiger partial charge in [-0.15, -0.1) is 10.0 Å². The molecule has 40 heavy (non-hydrogen) atoms. The Bertz CT molecular complexity index is 1740. The molecule has 0 atom stereocenters. The van der Waals surface area contributed by atoms with Gasteiger partial charge in [0.05, 0.1) is 0 Å². The first-order valence-electron chi connectivity index (χ1n) is 13.5. The van der Waals surface area contributed by atoms with Crippen LogP contribution in [0.25, 0.3) is 0 Å². The third kappa shape index (κ3) is 3.39. The highest BCUT2D eigenvalue weighted by Crippen LogP contribution is 2.73. The monoisotopic (exact) mass is 532 g/mol. The van der Waals surface area contributed by atoms with Crippen LogP contribution in [0, 0.1) is 0 Å². The van der Waals surface area contributed by atoms with Crippen LogP contribution in [-0.4, -0.2) is 6.71 Å². The fourth-order valence-electron chi connectivity index (χ4n) is 6.24. The van der Waals surface area contributed by atoms with E-state index in [1.165, 1.54) is 30.5 Å².